The summed E-state index contributed by atoms with van der Waals surface area (Å²) in [6, 6.07) is 10.5. The fourth-order valence-electron chi connectivity index (χ4n) is 2.79. The first-order valence-electron chi connectivity index (χ1n) is 8.02. The van der Waals surface area contributed by atoms with Crippen LogP contribution in [0.25, 0.3) is 0 Å². The maximum Gasteiger partial charge on any atom is 0.420 e. The highest BCUT2D eigenvalue weighted by atomic mass is 16.7. The lowest BCUT2D eigenvalue weighted by atomic mass is 10.1. The first-order chi connectivity index (χ1) is 12.1. The molecule has 132 valence electrons. The van der Waals surface area contributed by atoms with Gasteiger partial charge in [0.2, 0.25) is 6.29 Å². The van der Waals surface area contributed by atoms with E-state index < -0.39 is 12.4 Å². The van der Waals surface area contributed by atoms with E-state index in [1.165, 1.54) is 0 Å². The third-order valence-corrected chi connectivity index (χ3v) is 4.04. The number of hydrogen-bond donors (Lipinski definition) is 1. The van der Waals surface area contributed by atoms with Crippen LogP contribution in [-0.2, 0) is 15.9 Å². The molecule has 1 aromatic heterocycles. The second-order valence-corrected chi connectivity index (χ2v) is 5.71. The van der Waals surface area contributed by atoms with Gasteiger partial charge in [-0.25, -0.2) is 9.78 Å². The first-order valence-corrected chi connectivity index (χ1v) is 8.02. The monoisotopic (exact) mass is 343 g/mol. The Morgan fingerprint density at radius 3 is 2.56 bits per heavy atom. The molecule has 2 N–H and O–H groups in total. The van der Waals surface area contributed by atoms with Gasteiger partial charge in [-0.15, -0.1) is 0 Å². The number of anilines is 2. The van der Waals surface area contributed by atoms with Gasteiger partial charge in [-0.1, -0.05) is 6.07 Å². The lowest BCUT2D eigenvalue weighted by molar-refractivity contribution is -0.108. The summed E-state index contributed by atoms with van der Waals surface area (Å²) >= 11 is 0. The second-order valence-electron chi connectivity index (χ2n) is 5.71. The maximum absolute atomic E-state index is 12.6. The van der Waals surface area contributed by atoms with Crippen LogP contribution >= 0.6 is 0 Å². The van der Waals surface area contributed by atoms with Crippen molar-refractivity contribution < 1.29 is 19.0 Å². The third-order valence-electron chi connectivity index (χ3n) is 4.04. The molecule has 7 nitrogen and oxygen atoms in total. The molecule has 0 fully saturated rings. The third kappa shape index (κ3) is 3.72. The van der Waals surface area contributed by atoms with Gasteiger partial charge >= 0.3 is 6.09 Å². The van der Waals surface area contributed by atoms with Gasteiger partial charge in [0.25, 0.3) is 0 Å². The molecule has 0 bridgehead atoms. The van der Waals surface area contributed by atoms with E-state index in [0.717, 1.165) is 18.4 Å². The fourth-order valence-corrected chi connectivity index (χ4v) is 2.79. The number of pyridine rings is 1. The zero-order valence-corrected chi connectivity index (χ0v) is 14.3. The van der Waals surface area contributed by atoms with Gasteiger partial charge < -0.3 is 19.9 Å². The van der Waals surface area contributed by atoms with E-state index >= 15 is 0 Å². The van der Waals surface area contributed by atoms with Crippen LogP contribution in [0.2, 0.25) is 0 Å². The zero-order valence-electron chi connectivity index (χ0n) is 14.3. The van der Waals surface area contributed by atoms with Crippen LogP contribution in [0.1, 0.15) is 24.0 Å². The van der Waals surface area contributed by atoms with Gasteiger partial charge in [-0.2, -0.15) is 0 Å². The molecule has 3 rings (SSSR count). The van der Waals surface area contributed by atoms with E-state index in [4.69, 9.17) is 19.9 Å². The summed E-state index contributed by atoms with van der Waals surface area (Å²) in [5.41, 5.74) is 7.86. The summed E-state index contributed by atoms with van der Waals surface area (Å²) in [5, 5.41) is 0. The molecule has 1 amide bonds. The Morgan fingerprint density at radius 2 is 1.88 bits per heavy atom. The summed E-state index contributed by atoms with van der Waals surface area (Å²) in [6.45, 7) is 0.544. The molecule has 25 heavy (non-hydrogen) atoms. The number of benzene rings is 1. The number of hydrogen-bond acceptors (Lipinski definition) is 6. The van der Waals surface area contributed by atoms with Crippen molar-refractivity contribution in [3.05, 3.63) is 47.7 Å². The number of nitrogen functional groups attached to an aromatic ring is 1. The van der Waals surface area contributed by atoms with Crippen LogP contribution in [0, 0.1) is 0 Å². The van der Waals surface area contributed by atoms with Crippen LogP contribution in [0.4, 0.5) is 16.3 Å². The minimum atomic E-state index is -0.581. The Morgan fingerprint density at radius 1 is 1.16 bits per heavy atom. The average molecular weight is 343 g/mol. The highest BCUT2D eigenvalue weighted by Crippen LogP contribution is 2.29. The molecule has 0 saturated heterocycles. The van der Waals surface area contributed by atoms with Crippen LogP contribution in [0.5, 0.6) is 5.75 Å². The molecular weight excluding hydrogens is 322 g/mol. The van der Waals surface area contributed by atoms with Gasteiger partial charge in [-0.3, -0.25) is 4.90 Å². The number of rotatable bonds is 4. The number of nitrogens with zero attached hydrogens (tertiary/aromatic N) is 2. The standard InChI is InChI=1S/C18H21N3O4/c1-23-17(24-2)15-10-5-12-4-3-11-21(16(12)20-15)18(22)25-14-8-6-13(19)7-9-14/h5-10,17H,3-4,11,19H2,1-2H3. The van der Waals surface area contributed by atoms with E-state index in [9.17, 15) is 4.79 Å². The minimum Gasteiger partial charge on any atom is -0.410 e. The second kappa shape index (κ2) is 7.50. The van der Waals surface area contributed by atoms with Crippen LogP contribution in [0.15, 0.2) is 36.4 Å². The quantitative estimate of drug-likeness (QED) is 0.678. The van der Waals surface area contributed by atoms with Gasteiger partial charge in [-0.05, 0) is 48.7 Å². The van der Waals surface area contributed by atoms with Crippen LogP contribution in [0.3, 0.4) is 0 Å². The number of ether oxygens (including phenoxy) is 3. The van der Waals surface area contributed by atoms with Crippen molar-refractivity contribution in [1.82, 2.24) is 4.98 Å². The Labute approximate surface area is 146 Å². The van der Waals surface area contributed by atoms with Crippen LogP contribution in [-0.4, -0.2) is 31.8 Å². The predicted molar refractivity (Wildman–Crippen MR) is 93.5 cm³/mol. The molecule has 0 atom stereocenters. The highest BCUT2D eigenvalue weighted by molar-refractivity contribution is 5.89. The normalized spacial score (nSPS) is 13.6. The SMILES string of the molecule is COC(OC)c1ccc2c(n1)N(C(=O)Oc1ccc(N)cc1)CCC2. The topological polar surface area (TPSA) is 86.9 Å². The van der Waals surface area contributed by atoms with Gasteiger partial charge in [0.05, 0.1) is 5.69 Å². The molecule has 2 heterocycles. The largest absolute Gasteiger partial charge is 0.420 e. The molecular formula is C18H21N3O4. The Kier molecular flexibility index (Phi) is 5.16. The molecule has 1 aliphatic heterocycles. The molecule has 0 spiro atoms. The molecule has 0 saturated carbocycles. The van der Waals surface area contributed by atoms with Crippen molar-refractivity contribution in [2.45, 2.75) is 19.1 Å². The number of aryl methyl sites for hydroxylation is 1. The molecule has 0 radical (unpaired) electrons. The van der Waals surface area contributed by atoms with Crippen molar-refractivity contribution in [2.24, 2.45) is 0 Å². The number of methoxy groups -OCH3 is 2. The number of nitrogens with two attached hydrogens (primary N) is 1. The minimum absolute atomic E-state index is 0.439. The molecule has 2 aromatic rings. The molecule has 1 aromatic carbocycles. The summed E-state index contributed by atoms with van der Waals surface area (Å²) in [7, 11) is 3.09. The average Bonchev–Trinajstić information content (AvgIpc) is 2.64. The molecule has 7 heteroatoms. The Bertz CT molecular complexity index is 744. The van der Waals surface area contributed by atoms with E-state index in [1.54, 1.807) is 43.4 Å². The zero-order chi connectivity index (χ0) is 17.8. The lowest BCUT2D eigenvalue weighted by Gasteiger charge is -2.28. The van der Waals surface area contributed by atoms with Crippen molar-refractivity contribution >= 4 is 17.6 Å². The fraction of sp³-hybridized carbons (Fsp3) is 0.333. The Balaban J connectivity index is 1.85. The predicted octanol–water partition coefficient (Wildman–Crippen LogP) is 2.91. The molecule has 0 unspecified atom stereocenters. The van der Waals surface area contributed by atoms with E-state index in [0.29, 0.717) is 29.5 Å². The molecule has 0 aliphatic carbocycles. The highest BCUT2D eigenvalue weighted by Gasteiger charge is 2.27. The van der Waals surface area contributed by atoms with Crippen LogP contribution < -0.4 is 15.4 Å². The van der Waals surface area contributed by atoms with E-state index in [2.05, 4.69) is 4.98 Å². The number of fused-ring (bicyclic) bond motifs is 1. The number of carbonyl (C=O) groups is 1. The van der Waals surface area contributed by atoms with Crippen molar-refractivity contribution in [2.75, 3.05) is 31.4 Å². The van der Waals surface area contributed by atoms with E-state index in [1.807, 2.05) is 12.1 Å². The number of carbonyl (C=O) groups excluding carboxylic acids is 1. The Hall–Kier alpha value is -2.64. The lowest BCUT2D eigenvalue weighted by Crippen LogP contribution is -2.38. The number of aromatic nitrogens is 1. The van der Waals surface area contributed by atoms with Crippen molar-refractivity contribution in [1.29, 1.82) is 0 Å². The first kappa shape index (κ1) is 17.2. The summed E-state index contributed by atoms with van der Waals surface area (Å²) < 4.78 is 15.9. The summed E-state index contributed by atoms with van der Waals surface area (Å²) in [5.74, 6) is 1.03. The van der Waals surface area contributed by atoms with Crippen molar-refractivity contribution in [3.63, 3.8) is 0 Å². The smallest absolute Gasteiger partial charge is 0.410 e. The number of amides is 1. The van der Waals surface area contributed by atoms with Gasteiger partial charge in [0.1, 0.15) is 11.6 Å². The van der Waals surface area contributed by atoms with E-state index in [-0.39, 0.29) is 0 Å². The van der Waals surface area contributed by atoms with Crippen molar-refractivity contribution in [3.8, 4) is 5.75 Å². The van der Waals surface area contributed by atoms with Gasteiger partial charge in [0, 0.05) is 26.5 Å². The summed E-state index contributed by atoms with van der Waals surface area (Å²) in [4.78, 5) is 18.7. The molecule has 1 aliphatic rings. The van der Waals surface area contributed by atoms with Gasteiger partial charge in [0.15, 0.2) is 0 Å². The summed E-state index contributed by atoms with van der Waals surface area (Å²) in [6.07, 6.45) is 0.658. The maximum atomic E-state index is 12.6.